The van der Waals surface area contributed by atoms with Crippen molar-refractivity contribution in [3.05, 3.63) is 65.7 Å². The minimum absolute atomic E-state index is 0.118. The second-order valence-electron chi connectivity index (χ2n) is 4.64. The van der Waals surface area contributed by atoms with Crippen molar-refractivity contribution in [1.82, 2.24) is 0 Å². The van der Waals surface area contributed by atoms with Gasteiger partial charge in [0, 0.05) is 12.8 Å². The minimum Gasteiger partial charge on any atom is -0.382 e. The van der Waals surface area contributed by atoms with E-state index >= 15 is 0 Å². The lowest BCUT2D eigenvalue weighted by atomic mass is 10.1. The summed E-state index contributed by atoms with van der Waals surface area (Å²) in [5.41, 5.74) is 0.976. The molecule has 0 amide bonds. The lowest BCUT2D eigenvalue weighted by Crippen LogP contribution is -2.16. The van der Waals surface area contributed by atoms with E-state index in [1.54, 1.807) is 7.11 Å². The molecule has 0 saturated heterocycles. The molecule has 0 heterocycles. The van der Waals surface area contributed by atoms with Gasteiger partial charge in [-0.3, -0.25) is 0 Å². The van der Waals surface area contributed by atoms with Crippen LogP contribution in [0.15, 0.2) is 54.6 Å². The molecular formula is C16H16F3NO. The van der Waals surface area contributed by atoms with Crippen LogP contribution in [0.3, 0.4) is 0 Å². The quantitative estimate of drug-likeness (QED) is 0.876. The molecule has 0 fully saturated rings. The summed E-state index contributed by atoms with van der Waals surface area (Å²) in [5.74, 6) is 0. The van der Waals surface area contributed by atoms with Crippen LogP contribution in [0, 0.1) is 0 Å². The smallest absolute Gasteiger partial charge is 0.382 e. The largest absolute Gasteiger partial charge is 0.416 e. The third-order valence-corrected chi connectivity index (χ3v) is 3.09. The molecule has 5 heteroatoms. The van der Waals surface area contributed by atoms with Crippen molar-refractivity contribution in [3.63, 3.8) is 0 Å². The number of benzene rings is 2. The molecular weight excluding hydrogens is 279 g/mol. The number of methoxy groups -OCH3 is 1. The Labute approximate surface area is 121 Å². The Morgan fingerprint density at radius 2 is 1.62 bits per heavy atom. The molecule has 2 rings (SSSR count). The van der Waals surface area contributed by atoms with Gasteiger partial charge in [0.15, 0.2) is 0 Å². The van der Waals surface area contributed by atoms with Gasteiger partial charge >= 0.3 is 6.18 Å². The highest BCUT2D eigenvalue weighted by Crippen LogP contribution is 2.30. The van der Waals surface area contributed by atoms with Crippen molar-refractivity contribution in [3.8, 4) is 0 Å². The molecule has 0 aromatic heterocycles. The Kier molecular flexibility index (Phi) is 4.85. The lowest BCUT2D eigenvalue weighted by Gasteiger charge is -2.20. The molecule has 1 unspecified atom stereocenters. The highest BCUT2D eigenvalue weighted by atomic mass is 19.4. The predicted molar refractivity (Wildman–Crippen MR) is 76.1 cm³/mol. The third-order valence-electron chi connectivity index (χ3n) is 3.09. The van der Waals surface area contributed by atoms with E-state index in [2.05, 4.69) is 5.32 Å². The predicted octanol–water partition coefficient (Wildman–Crippen LogP) is 4.51. The van der Waals surface area contributed by atoms with Gasteiger partial charge in [-0.2, -0.15) is 13.2 Å². The number of alkyl halides is 3. The van der Waals surface area contributed by atoms with E-state index in [0.29, 0.717) is 12.3 Å². The van der Waals surface area contributed by atoms with Gasteiger partial charge in [-0.05, 0) is 29.8 Å². The Morgan fingerprint density at radius 1 is 1.00 bits per heavy atom. The zero-order valence-electron chi connectivity index (χ0n) is 11.5. The van der Waals surface area contributed by atoms with E-state index < -0.39 is 11.7 Å². The normalized spacial score (nSPS) is 13.0. The maximum Gasteiger partial charge on any atom is 0.416 e. The van der Waals surface area contributed by atoms with Crippen molar-refractivity contribution >= 4 is 5.69 Å². The van der Waals surface area contributed by atoms with Crippen molar-refractivity contribution in [1.29, 1.82) is 0 Å². The highest BCUT2D eigenvalue weighted by Gasteiger charge is 2.30. The summed E-state index contributed by atoms with van der Waals surface area (Å²) in [6.07, 6.45) is -4.32. The molecule has 0 spiro atoms. The van der Waals surface area contributed by atoms with Gasteiger partial charge in [0.2, 0.25) is 0 Å². The first-order valence-electron chi connectivity index (χ1n) is 6.48. The fraction of sp³-hybridized carbons (Fsp3) is 0.250. The highest BCUT2D eigenvalue weighted by molar-refractivity contribution is 5.47. The number of halogens is 3. The third kappa shape index (κ3) is 4.23. The fourth-order valence-corrected chi connectivity index (χ4v) is 2.03. The van der Waals surface area contributed by atoms with Crippen LogP contribution in [0.2, 0.25) is 0 Å². The first-order valence-corrected chi connectivity index (χ1v) is 6.48. The molecule has 2 nitrogen and oxygen atoms in total. The summed E-state index contributed by atoms with van der Waals surface area (Å²) >= 11 is 0. The molecule has 112 valence electrons. The first-order chi connectivity index (χ1) is 10.0. The van der Waals surface area contributed by atoms with E-state index in [4.69, 9.17) is 4.74 Å². The zero-order valence-corrected chi connectivity index (χ0v) is 11.5. The van der Waals surface area contributed by atoms with Crippen LogP contribution < -0.4 is 5.32 Å². The van der Waals surface area contributed by atoms with Crippen molar-refractivity contribution < 1.29 is 17.9 Å². The number of hydrogen-bond acceptors (Lipinski definition) is 2. The Morgan fingerprint density at radius 3 is 2.14 bits per heavy atom. The van der Waals surface area contributed by atoms with Crippen LogP contribution in [0.25, 0.3) is 0 Å². The van der Waals surface area contributed by atoms with E-state index in [-0.39, 0.29) is 6.04 Å². The van der Waals surface area contributed by atoms with Gasteiger partial charge in [-0.15, -0.1) is 0 Å². The average molecular weight is 295 g/mol. The monoisotopic (exact) mass is 295 g/mol. The SMILES string of the molecule is COCC(Nc1ccc(C(F)(F)F)cc1)c1ccccc1. The second kappa shape index (κ2) is 6.63. The number of ether oxygens (including phenoxy) is 1. The summed E-state index contributed by atoms with van der Waals surface area (Å²) in [6.45, 7) is 0.422. The van der Waals surface area contributed by atoms with Crippen LogP contribution in [-0.2, 0) is 10.9 Å². The summed E-state index contributed by atoms with van der Waals surface area (Å²) in [7, 11) is 1.59. The van der Waals surface area contributed by atoms with Gasteiger partial charge < -0.3 is 10.1 Å². The number of anilines is 1. The number of hydrogen-bond donors (Lipinski definition) is 1. The Bertz CT molecular complexity index is 552. The minimum atomic E-state index is -4.32. The van der Waals surface area contributed by atoms with Gasteiger partial charge in [0.25, 0.3) is 0 Å². The molecule has 0 radical (unpaired) electrons. The van der Waals surface area contributed by atoms with Gasteiger partial charge in [0.1, 0.15) is 0 Å². The maximum atomic E-state index is 12.5. The summed E-state index contributed by atoms with van der Waals surface area (Å²) < 4.78 is 42.7. The van der Waals surface area contributed by atoms with Crippen molar-refractivity contribution in [2.75, 3.05) is 19.0 Å². The summed E-state index contributed by atoms with van der Waals surface area (Å²) in [5, 5.41) is 3.18. The van der Waals surface area contributed by atoms with E-state index in [0.717, 1.165) is 17.7 Å². The second-order valence-corrected chi connectivity index (χ2v) is 4.64. The molecule has 0 aliphatic carbocycles. The van der Waals surface area contributed by atoms with Crippen molar-refractivity contribution in [2.45, 2.75) is 12.2 Å². The van der Waals surface area contributed by atoms with Gasteiger partial charge in [0.05, 0.1) is 18.2 Å². The topological polar surface area (TPSA) is 21.3 Å². The molecule has 1 N–H and O–H groups in total. The standard InChI is InChI=1S/C16H16F3NO/c1-21-11-15(12-5-3-2-4-6-12)20-14-9-7-13(8-10-14)16(17,18)19/h2-10,15,20H,11H2,1H3. The summed E-state index contributed by atoms with van der Waals surface area (Å²) in [6, 6.07) is 14.5. The Hall–Kier alpha value is -2.01. The summed E-state index contributed by atoms with van der Waals surface area (Å²) in [4.78, 5) is 0. The van der Waals surface area contributed by atoms with E-state index in [1.165, 1.54) is 12.1 Å². The molecule has 0 saturated carbocycles. The average Bonchev–Trinajstić information content (AvgIpc) is 2.47. The van der Waals surface area contributed by atoms with Crippen LogP contribution in [0.5, 0.6) is 0 Å². The van der Waals surface area contributed by atoms with Crippen LogP contribution in [0.4, 0.5) is 18.9 Å². The number of nitrogens with one attached hydrogen (secondary N) is 1. The number of rotatable bonds is 5. The maximum absolute atomic E-state index is 12.5. The molecule has 2 aromatic rings. The molecule has 0 bridgehead atoms. The van der Waals surface area contributed by atoms with Crippen LogP contribution in [0.1, 0.15) is 17.2 Å². The Balaban J connectivity index is 2.14. The zero-order chi connectivity index (χ0) is 15.3. The van der Waals surface area contributed by atoms with Gasteiger partial charge in [-0.25, -0.2) is 0 Å². The molecule has 0 aliphatic rings. The van der Waals surface area contributed by atoms with Crippen LogP contribution >= 0.6 is 0 Å². The van der Waals surface area contributed by atoms with E-state index in [9.17, 15) is 13.2 Å². The lowest BCUT2D eigenvalue weighted by molar-refractivity contribution is -0.137. The first kappa shape index (κ1) is 15.4. The molecule has 21 heavy (non-hydrogen) atoms. The molecule has 2 aromatic carbocycles. The van der Waals surface area contributed by atoms with Crippen molar-refractivity contribution in [2.24, 2.45) is 0 Å². The molecule has 0 aliphatic heterocycles. The van der Waals surface area contributed by atoms with Gasteiger partial charge in [-0.1, -0.05) is 30.3 Å². The molecule has 1 atom stereocenters. The fourth-order valence-electron chi connectivity index (χ4n) is 2.03. The van der Waals surface area contributed by atoms with E-state index in [1.807, 2.05) is 30.3 Å². The van der Waals surface area contributed by atoms with Crippen LogP contribution in [-0.4, -0.2) is 13.7 Å².